The van der Waals surface area contributed by atoms with Crippen molar-refractivity contribution in [3.63, 3.8) is 0 Å². The Bertz CT molecular complexity index is 918. The second-order valence-corrected chi connectivity index (χ2v) is 8.03. The molecule has 2 aromatic carbocycles. The van der Waals surface area contributed by atoms with Crippen molar-refractivity contribution in [2.45, 2.75) is 24.3 Å². The van der Waals surface area contributed by atoms with E-state index >= 15 is 0 Å². The first-order valence-corrected chi connectivity index (χ1v) is 10.3. The molecule has 1 atom stereocenters. The Morgan fingerprint density at radius 3 is 2.48 bits per heavy atom. The van der Waals surface area contributed by atoms with Gasteiger partial charge in [0.05, 0.1) is 36.1 Å². The van der Waals surface area contributed by atoms with E-state index in [1.54, 1.807) is 31.2 Å². The van der Waals surface area contributed by atoms with Crippen LogP contribution in [0.3, 0.4) is 0 Å². The van der Waals surface area contributed by atoms with E-state index in [1.807, 2.05) is 0 Å². The molecule has 6 nitrogen and oxygen atoms in total. The summed E-state index contributed by atoms with van der Waals surface area (Å²) in [6.07, 6.45) is -0.207. The van der Waals surface area contributed by atoms with Gasteiger partial charge in [0.15, 0.2) is 0 Å². The van der Waals surface area contributed by atoms with E-state index in [9.17, 15) is 13.2 Å². The molecule has 9 heteroatoms. The van der Waals surface area contributed by atoms with E-state index in [4.69, 9.17) is 32.7 Å². The van der Waals surface area contributed by atoms with Crippen molar-refractivity contribution in [2.24, 2.45) is 0 Å². The molecule has 0 radical (unpaired) electrons. The van der Waals surface area contributed by atoms with Crippen LogP contribution in [0, 0.1) is 0 Å². The minimum Gasteiger partial charge on any atom is -0.495 e. The molecule has 0 amide bonds. The van der Waals surface area contributed by atoms with Gasteiger partial charge in [-0.15, -0.1) is 0 Å². The fraction of sp³-hybridized carbons (Fsp3) is 0.278. The Kier molecular flexibility index (Phi) is 7.49. The molecule has 2 aromatic rings. The van der Waals surface area contributed by atoms with Crippen molar-refractivity contribution in [1.29, 1.82) is 0 Å². The van der Waals surface area contributed by atoms with Crippen LogP contribution in [0.2, 0.25) is 10.0 Å². The molecule has 0 fully saturated rings. The number of sulfonamides is 1. The van der Waals surface area contributed by atoms with Crippen molar-refractivity contribution in [1.82, 2.24) is 4.72 Å². The lowest BCUT2D eigenvalue weighted by atomic mass is 10.1. The molecule has 1 unspecified atom stereocenters. The number of rotatable bonds is 8. The van der Waals surface area contributed by atoms with Crippen LogP contribution in [0.15, 0.2) is 47.4 Å². The fourth-order valence-electron chi connectivity index (χ4n) is 2.42. The van der Waals surface area contributed by atoms with Gasteiger partial charge in [0.25, 0.3) is 0 Å². The number of hydrogen-bond donors (Lipinski definition) is 1. The summed E-state index contributed by atoms with van der Waals surface area (Å²) >= 11 is 12.2. The first kappa shape index (κ1) is 21.5. The van der Waals surface area contributed by atoms with E-state index in [0.717, 1.165) is 0 Å². The lowest BCUT2D eigenvalue weighted by Gasteiger charge is -2.20. The third kappa shape index (κ3) is 5.59. The maximum absolute atomic E-state index is 12.8. The van der Waals surface area contributed by atoms with Gasteiger partial charge >= 0.3 is 5.97 Å². The minimum absolute atomic E-state index is 0.0512. The molecule has 0 saturated heterocycles. The van der Waals surface area contributed by atoms with E-state index in [1.165, 1.54) is 25.3 Å². The topological polar surface area (TPSA) is 81.7 Å². The molecule has 1 N–H and O–H groups in total. The Morgan fingerprint density at radius 2 is 1.85 bits per heavy atom. The van der Waals surface area contributed by atoms with Gasteiger partial charge in [-0.2, -0.15) is 0 Å². The monoisotopic (exact) mass is 431 g/mol. The average Bonchev–Trinajstić information content (AvgIpc) is 2.61. The summed E-state index contributed by atoms with van der Waals surface area (Å²) in [5.41, 5.74) is 0.469. The van der Waals surface area contributed by atoms with Gasteiger partial charge in [-0.25, -0.2) is 13.1 Å². The minimum atomic E-state index is -3.99. The number of carbonyl (C=O) groups is 1. The van der Waals surface area contributed by atoms with Crippen LogP contribution in [0.1, 0.15) is 24.9 Å². The highest BCUT2D eigenvalue weighted by atomic mass is 35.5. The zero-order valence-corrected chi connectivity index (χ0v) is 17.1. The van der Waals surface area contributed by atoms with Gasteiger partial charge in [0, 0.05) is 11.1 Å². The third-order valence-corrected chi connectivity index (χ3v) is 5.81. The van der Waals surface area contributed by atoms with Crippen LogP contribution >= 0.6 is 23.2 Å². The smallest absolute Gasteiger partial charge is 0.307 e. The lowest BCUT2D eigenvalue weighted by molar-refractivity contribution is -0.143. The Labute approximate surface area is 168 Å². The van der Waals surface area contributed by atoms with Crippen molar-refractivity contribution < 1.29 is 22.7 Å². The molecule has 0 saturated carbocycles. The Balaban J connectivity index is 2.38. The quantitative estimate of drug-likeness (QED) is 0.639. The number of nitrogens with one attached hydrogen (secondary N) is 1. The van der Waals surface area contributed by atoms with E-state index in [0.29, 0.717) is 10.6 Å². The molecule has 146 valence electrons. The highest BCUT2D eigenvalue weighted by molar-refractivity contribution is 7.89. The zero-order valence-electron chi connectivity index (χ0n) is 14.7. The molecular weight excluding hydrogens is 413 g/mol. The van der Waals surface area contributed by atoms with Crippen molar-refractivity contribution >= 4 is 39.2 Å². The second-order valence-electron chi connectivity index (χ2n) is 5.50. The summed E-state index contributed by atoms with van der Waals surface area (Å²) in [7, 11) is -2.60. The number of carbonyl (C=O) groups excluding carboxylic acids is 1. The molecule has 0 aliphatic rings. The molecule has 0 bridgehead atoms. The van der Waals surface area contributed by atoms with Gasteiger partial charge in [-0.3, -0.25) is 4.79 Å². The van der Waals surface area contributed by atoms with E-state index in [-0.39, 0.29) is 28.7 Å². The zero-order chi connectivity index (χ0) is 20.0. The average molecular weight is 432 g/mol. The molecule has 0 aliphatic heterocycles. The van der Waals surface area contributed by atoms with Crippen LogP contribution in [-0.4, -0.2) is 28.1 Å². The number of halogens is 2. The number of esters is 1. The van der Waals surface area contributed by atoms with Crippen molar-refractivity contribution in [3.8, 4) is 5.75 Å². The summed E-state index contributed by atoms with van der Waals surface area (Å²) in [5.74, 6) is -0.321. The Hall–Kier alpha value is -1.80. The molecule has 0 heterocycles. The van der Waals surface area contributed by atoms with Crippen molar-refractivity contribution in [3.05, 3.63) is 58.1 Å². The standard InChI is InChI=1S/C18H19Cl2NO5S/c1-3-26-18(22)11-16(13-6-4-5-7-14(13)19)21-27(23,24)12-8-9-15(20)17(10-12)25-2/h4-10,16,21H,3,11H2,1-2H3. The molecule has 0 aliphatic carbocycles. The van der Waals surface area contributed by atoms with E-state index < -0.39 is 22.0 Å². The maximum Gasteiger partial charge on any atom is 0.307 e. The molecule has 27 heavy (non-hydrogen) atoms. The highest BCUT2D eigenvalue weighted by Crippen LogP contribution is 2.30. The molecule has 0 spiro atoms. The van der Waals surface area contributed by atoms with Crippen LogP contribution in [-0.2, 0) is 19.6 Å². The summed E-state index contributed by atoms with van der Waals surface area (Å²) in [6, 6.07) is 9.87. The summed E-state index contributed by atoms with van der Waals surface area (Å²) in [6.45, 7) is 1.86. The molecular formula is C18H19Cl2NO5S. The summed E-state index contributed by atoms with van der Waals surface area (Å²) in [4.78, 5) is 11.9. The summed E-state index contributed by atoms with van der Waals surface area (Å²) < 4.78 is 38.2. The van der Waals surface area contributed by atoms with Gasteiger partial charge in [0.1, 0.15) is 5.75 Å². The number of ether oxygens (including phenoxy) is 2. The van der Waals surface area contributed by atoms with Gasteiger partial charge in [-0.1, -0.05) is 41.4 Å². The molecule has 0 aromatic heterocycles. The highest BCUT2D eigenvalue weighted by Gasteiger charge is 2.26. The first-order chi connectivity index (χ1) is 12.8. The second kappa shape index (κ2) is 9.41. The van der Waals surface area contributed by atoms with Gasteiger partial charge in [0.2, 0.25) is 10.0 Å². The predicted octanol–water partition coefficient (Wildman–Crippen LogP) is 3.97. The first-order valence-electron chi connectivity index (χ1n) is 8.04. The van der Waals surface area contributed by atoms with Gasteiger partial charge in [-0.05, 0) is 30.7 Å². The normalized spacial score (nSPS) is 12.4. The maximum atomic E-state index is 12.8. The van der Waals surface area contributed by atoms with Gasteiger partial charge < -0.3 is 9.47 Å². The van der Waals surface area contributed by atoms with Crippen molar-refractivity contribution in [2.75, 3.05) is 13.7 Å². The summed E-state index contributed by atoms with van der Waals surface area (Å²) in [5, 5.41) is 0.619. The lowest BCUT2D eigenvalue weighted by Crippen LogP contribution is -2.31. The SMILES string of the molecule is CCOC(=O)CC(NS(=O)(=O)c1ccc(Cl)c(OC)c1)c1ccccc1Cl. The molecule has 2 rings (SSSR count). The fourth-order valence-corrected chi connectivity index (χ4v) is 4.11. The van der Waals surface area contributed by atoms with Crippen LogP contribution in [0.4, 0.5) is 0 Å². The van der Waals surface area contributed by atoms with Crippen LogP contribution in [0.25, 0.3) is 0 Å². The number of hydrogen-bond acceptors (Lipinski definition) is 5. The largest absolute Gasteiger partial charge is 0.495 e. The van der Waals surface area contributed by atoms with Crippen LogP contribution in [0.5, 0.6) is 5.75 Å². The third-order valence-electron chi connectivity index (χ3n) is 3.69. The number of methoxy groups -OCH3 is 1. The Morgan fingerprint density at radius 1 is 1.15 bits per heavy atom. The van der Waals surface area contributed by atoms with E-state index in [2.05, 4.69) is 4.72 Å². The van der Waals surface area contributed by atoms with Crippen LogP contribution < -0.4 is 9.46 Å². The number of benzene rings is 2. The predicted molar refractivity (Wildman–Crippen MR) is 104 cm³/mol.